The van der Waals surface area contributed by atoms with Crippen LogP contribution in [0.3, 0.4) is 0 Å². The van der Waals surface area contributed by atoms with Crippen molar-refractivity contribution in [3.63, 3.8) is 0 Å². The van der Waals surface area contributed by atoms with Crippen LogP contribution in [0, 0.1) is 17.8 Å². The SMILES string of the molecule is CC(C)C(C)CNC1CCCC1C. The third kappa shape index (κ3) is 3.30. The summed E-state index contributed by atoms with van der Waals surface area (Å²) in [6.45, 7) is 10.5. The van der Waals surface area contributed by atoms with Gasteiger partial charge >= 0.3 is 0 Å². The second kappa shape index (κ2) is 4.99. The van der Waals surface area contributed by atoms with Crippen LogP contribution in [0.4, 0.5) is 0 Å². The fourth-order valence-electron chi connectivity index (χ4n) is 2.02. The molecule has 0 aromatic carbocycles. The Bertz CT molecular complexity index is 142. The summed E-state index contributed by atoms with van der Waals surface area (Å²) >= 11 is 0. The van der Waals surface area contributed by atoms with Crippen LogP contribution in [0.1, 0.15) is 47.0 Å². The Kier molecular flexibility index (Phi) is 4.24. The summed E-state index contributed by atoms with van der Waals surface area (Å²) in [7, 11) is 0. The molecular formula is C12H25N. The molecule has 1 saturated carbocycles. The van der Waals surface area contributed by atoms with Crippen molar-refractivity contribution in [2.45, 2.75) is 53.0 Å². The Balaban J connectivity index is 2.18. The summed E-state index contributed by atoms with van der Waals surface area (Å²) in [5.74, 6) is 2.52. The van der Waals surface area contributed by atoms with Gasteiger partial charge in [-0.3, -0.25) is 0 Å². The quantitative estimate of drug-likeness (QED) is 0.706. The highest BCUT2D eigenvalue weighted by Gasteiger charge is 2.23. The number of rotatable bonds is 4. The van der Waals surface area contributed by atoms with Crippen LogP contribution in [-0.2, 0) is 0 Å². The van der Waals surface area contributed by atoms with E-state index in [-0.39, 0.29) is 0 Å². The van der Waals surface area contributed by atoms with E-state index in [1.807, 2.05) is 0 Å². The van der Waals surface area contributed by atoms with Gasteiger partial charge in [-0.15, -0.1) is 0 Å². The summed E-state index contributed by atoms with van der Waals surface area (Å²) in [5, 5.41) is 3.71. The lowest BCUT2D eigenvalue weighted by Crippen LogP contribution is -2.35. The molecule has 0 radical (unpaired) electrons. The Morgan fingerprint density at radius 2 is 1.92 bits per heavy atom. The maximum absolute atomic E-state index is 3.71. The van der Waals surface area contributed by atoms with Gasteiger partial charge in [0, 0.05) is 6.04 Å². The van der Waals surface area contributed by atoms with Crippen molar-refractivity contribution >= 4 is 0 Å². The molecule has 0 aromatic rings. The van der Waals surface area contributed by atoms with E-state index < -0.39 is 0 Å². The first-order valence-corrected chi connectivity index (χ1v) is 5.84. The lowest BCUT2D eigenvalue weighted by atomic mass is 9.97. The topological polar surface area (TPSA) is 12.0 Å². The number of hydrogen-bond donors (Lipinski definition) is 1. The highest BCUT2D eigenvalue weighted by molar-refractivity contribution is 4.80. The molecule has 1 rings (SSSR count). The summed E-state index contributed by atoms with van der Waals surface area (Å²) in [6.07, 6.45) is 4.24. The summed E-state index contributed by atoms with van der Waals surface area (Å²) in [6, 6.07) is 0.807. The van der Waals surface area contributed by atoms with Gasteiger partial charge in [-0.25, -0.2) is 0 Å². The molecule has 3 atom stereocenters. The van der Waals surface area contributed by atoms with Crippen LogP contribution < -0.4 is 5.32 Å². The van der Waals surface area contributed by atoms with Gasteiger partial charge < -0.3 is 5.32 Å². The van der Waals surface area contributed by atoms with Crippen LogP contribution in [0.5, 0.6) is 0 Å². The van der Waals surface area contributed by atoms with Crippen LogP contribution >= 0.6 is 0 Å². The molecule has 78 valence electrons. The van der Waals surface area contributed by atoms with Crippen molar-refractivity contribution in [2.75, 3.05) is 6.54 Å². The second-order valence-electron chi connectivity index (χ2n) is 5.14. The predicted octanol–water partition coefficient (Wildman–Crippen LogP) is 3.06. The standard InChI is InChI=1S/C12H25N/c1-9(2)11(4)8-13-12-7-5-6-10(12)3/h9-13H,5-8H2,1-4H3. The van der Waals surface area contributed by atoms with Crippen LogP contribution in [0.2, 0.25) is 0 Å². The van der Waals surface area contributed by atoms with E-state index in [1.165, 1.54) is 25.8 Å². The molecule has 1 fully saturated rings. The van der Waals surface area contributed by atoms with Crippen LogP contribution in [0.15, 0.2) is 0 Å². The third-order valence-corrected chi connectivity index (χ3v) is 3.70. The molecule has 0 heterocycles. The van der Waals surface area contributed by atoms with Crippen LogP contribution in [-0.4, -0.2) is 12.6 Å². The highest BCUT2D eigenvalue weighted by Crippen LogP contribution is 2.25. The first kappa shape index (κ1) is 11.0. The van der Waals surface area contributed by atoms with Gasteiger partial charge in [-0.2, -0.15) is 0 Å². The summed E-state index contributed by atoms with van der Waals surface area (Å²) in [5.41, 5.74) is 0. The van der Waals surface area contributed by atoms with Crippen molar-refractivity contribution in [3.05, 3.63) is 0 Å². The van der Waals surface area contributed by atoms with Gasteiger partial charge in [0.2, 0.25) is 0 Å². The lowest BCUT2D eigenvalue weighted by Gasteiger charge is -2.22. The third-order valence-electron chi connectivity index (χ3n) is 3.70. The molecule has 0 amide bonds. The smallest absolute Gasteiger partial charge is 0.00928 e. The highest BCUT2D eigenvalue weighted by atomic mass is 14.9. The van der Waals surface area contributed by atoms with Gasteiger partial charge in [0.15, 0.2) is 0 Å². The first-order valence-electron chi connectivity index (χ1n) is 5.84. The molecular weight excluding hydrogens is 158 g/mol. The first-order chi connectivity index (χ1) is 6.11. The molecule has 13 heavy (non-hydrogen) atoms. The van der Waals surface area contributed by atoms with Crippen molar-refractivity contribution in [1.29, 1.82) is 0 Å². The molecule has 1 nitrogen and oxygen atoms in total. The molecule has 0 bridgehead atoms. The molecule has 1 N–H and O–H groups in total. The molecule has 1 aliphatic carbocycles. The average Bonchev–Trinajstić information content (AvgIpc) is 2.47. The fraction of sp³-hybridized carbons (Fsp3) is 1.00. The zero-order valence-corrected chi connectivity index (χ0v) is 9.64. The Labute approximate surface area is 83.3 Å². The zero-order valence-electron chi connectivity index (χ0n) is 9.64. The van der Waals surface area contributed by atoms with Crippen LogP contribution in [0.25, 0.3) is 0 Å². The van der Waals surface area contributed by atoms with E-state index in [1.54, 1.807) is 0 Å². The molecule has 1 aliphatic rings. The Morgan fingerprint density at radius 1 is 1.23 bits per heavy atom. The second-order valence-corrected chi connectivity index (χ2v) is 5.14. The van der Waals surface area contributed by atoms with Crippen molar-refractivity contribution in [3.8, 4) is 0 Å². The van der Waals surface area contributed by atoms with E-state index >= 15 is 0 Å². The van der Waals surface area contributed by atoms with Gasteiger partial charge in [-0.1, -0.05) is 34.1 Å². The number of nitrogens with one attached hydrogen (secondary N) is 1. The maximum Gasteiger partial charge on any atom is 0.00928 e. The van der Waals surface area contributed by atoms with Gasteiger partial charge in [0.1, 0.15) is 0 Å². The van der Waals surface area contributed by atoms with E-state index in [2.05, 4.69) is 33.0 Å². The minimum atomic E-state index is 0.807. The minimum absolute atomic E-state index is 0.807. The molecule has 0 spiro atoms. The Morgan fingerprint density at radius 3 is 2.38 bits per heavy atom. The minimum Gasteiger partial charge on any atom is -0.313 e. The zero-order chi connectivity index (χ0) is 9.84. The van der Waals surface area contributed by atoms with E-state index in [4.69, 9.17) is 0 Å². The molecule has 0 aromatic heterocycles. The molecule has 0 saturated heterocycles. The van der Waals surface area contributed by atoms with Crippen molar-refractivity contribution in [1.82, 2.24) is 5.32 Å². The summed E-state index contributed by atoms with van der Waals surface area (Å²) in [4.78, 5) is 0. The predicted molar refractivity (Wildman–Crippen MR) is 58.8 cm³/mol. The lowest BCUT2D eigenvalue weighted by molar-refractivity contribution is 0.342. The molecule has 3 unspecified atom stereocenters. The van der Waals surface area contributed by atoms with Gasteiger partial charge in [0.25, 0.3) is 0 Å². The average molecular weight is 183 g/mol. The Hall–Kier alpha value is -0.0400. The van der Waals surface area contributed by atoms with E-state index in [9.17, 15) is 0 Å². The van der Waals surface area contributed by atoms with E-state index in [0.29, 0.717) is 0 Å². The van der Waals surface area contributed by atoms with Crippen molar-refractivity contribution in [2.24, 2.45) is 17.8 Å². The fourth-order valence-corrected chi connectivity index (χ4v) is 2.02. The molecule has 1 heteroatoms. The molecule has 0 aliphatic heterocycles. The maximum atomic E-state index is 3.71. The largest absolute Gasteiger partial charge is 0.313 e. The van der Waals surface area contributed by atoms with E-state index in [0.717, 1.165) is 23.8 Å². The number of hydrogen-bond acceptors (Lipinski definition) is 1. The van der Waals surface area contributed by atoms with Gasteiger partial charge in [0.05, 0.1) is 0 Å². The monoisotopic (exact) mass is 183 g/mol. The van der Waals surface area contributed by atoms with Crippen molar-refractivity contribution < 1.29 is 0 Å². The van der Waals surface area contributed by atoms with Gasteiger partial charge in [-0.05, 0) is 37.1 Å². The normalized spacial score (nSPS) is 31.2. The summed E-state index contributed by atoms with van der Waals surface area (Å²) < 4.78 is 0.